The molecule has 1 aromatic carbocycles. The lowest BCUT2D eigenvalue weighted by molar-refractivity contribution is 0.131. The number of hydrogen-bond donors (Lipinski definition) is 2. The van der Waals surface area contributed by atoms with Crippen LogP contribution in [0.3, 0.4) is 0 Å². The zero-order chi connectivity index (χ0) is 10.8. The lowest BCUT2D eigenvalue weighted by Crippen LogP contribution is -2.62. The Morgan fingerprint density at radius 3 is 2.13 bits per heavy atom. The first-order valence-corrected chi connectivity index (χ1v) is 5.18. The summed E-state index contributed by atoms with van der Waals surface area (Å²) in [5.41, 5.74) is 7.68. The molecule has 0 radical (unpaired) electrons. The lowest BCUT2D eigenvalue weighted by Gasteiger charge is -2.40. The van der Waals surface area contributed by atoms with Crippen molar-refractivity contribution in [3.63, 3.8) is 0 Å². The summed E-state index contributed by atoms with van der Waals surface area (Å²) in [6, 6.07) is 10.2. The average molecular weight is 222 g/mol. The third-order valence-corrected chi connectivity index (χ3v) is 2.90. The highest BCUT2D eigenvalue weighted by molar-refractivity contribution is 7.80. The van der Waals surface area contributed by atoms with Crippen molar-refractivity contribution >= 4 is 17.3 Å². The van der Waals surface area contributed by atoms with Gasteiger partial charge in [0.25, 0.3) is 0 Å². The van der Waals surface area contributed by atoms with Crippen molar-refractivity contribution in [2.75, 3.05) is 14.1 Å². The summed E-state index contributed by atoms with van der Waals surface area (Å²) < 4.78 is 0. The van der Waals surface area contributed by atoms with Gasteiger partial charge in [0.15, 0.2) is 5.11 Å². The van der Waals surface area contributed by atoms with Gasteiger partial charge in [0, 0.05) is 14.1 Å². The summed E-state index contributed by atoms with van der Waals surface area (Å²) in [6.07, 6.45) is 0.0629. The van der Waals surface area contributed by atoms with Crippen LogP contribution in [0.5, 0.6) is 0 Å². The predicted molar refractivity (Wildman–Crippen MR) is 63.6 cm³/mol. The van der Waals surface area contributed by atoms with Crippen molar-refractivity contribution in [2.45, 2.75) is 6.17 Å². The summed E-state index contributed by atoms with van der Waals surface area (Å²) in [5, 5.41) is 4.40. The molecule has 0 aliphatic carbocycles. The molecule has 2 N–H and O–H groups in total. The molecule has 1 fully saturated rings. The third-order valence-electron chi connectivity index (χ3n) is 2.35. The maximum Gasteiger partial charge on any atom is 0.200 e. The van der Waals surface area contributed by atoms with Crippen LogP contribution in [-0.4, -0.2) is 29.2 Å². The SMILES string of the molecule is CN1NC(c2ccccc2)NN(C)C1=S. The van der Waals surface area contributed by atoms with Gasteiger partial charge in [0.1, 0.15) is 6.17 Å². The summed E-state index contributed by atoms with van der Waals surface area (Å²) in [7, 11) is 3.82. The van der Waals surface area contributed by atoms with Gasteiger partial charge in [-0.25, -0.2) is 10.9 Å². The quantitative estimate of drug-likeness (QED) is 0.688. The summed E-state index contributed by atoms with van der Waals surface area (Å²) in [5.74, 6) is 0. The fraction of sp³-hybridized carbons (Fsp3) is 0.300. The molecule has 1 heterocycles. The van der Waals surface area contributed by atoms with Crippen molar-refractivity contribution < 1.29 is 0 Å². The number of hydrazine groups is 2. The zero-order valence-electron chi connectivity index (χ0n) is 8.77. The lowest BCUT2D eigenvalue weighted by atomic mass is 10.2. The standard InChI is InChI=1S/C10H14N4S/c1-13-10(15)14(2)12-9(11-13)8-6-4-3-5-7-8/h3-7,9,11-12H,1-2H3. The first kappa shape index (κ1) is 10.4. The average Bonchev–Trinajstić information content (AvgIpc) is 2.26. The van der Waals surface area contributed by atoms with Crippen LogP contribution in [0.15, 0.2) is 30.3 Å². The second-order valence-corrected chi connectivity index (χ2v) is 3.87. The van der Waals surface area contributed by atoms with Crippen LogP contribution in [0.2, 0.25) is 0 Å². The number of hydrogen-bond acceptors (Lipinski definition) is 3. The molecule has 0 aromatic heterocycles. The highest BCUT2D eigenvalue weighted by atomic mass is 32.1. The van der Waals surface area contributed by atoms with Crippen LogP contribution in [0.1, 0.15) is 11.7 Å². The molecule has 2 rings (SSSR count). The van der Waals surface area contributed by atoms with Crippen molar-refractivity contribution in [1.82, 2.24) is 20.9 Å². The van der Waals surface area contributed by atoms with Gasteiger partial charge in [0.2, 0.25) is 0 Å². The van der Waals surface area contributed by atoms with E-state index in [-0.39, 0.29) is 6.17 Å². The minimum atomic E-state index is 0.0629. The molecule has 4 nitrogen and oxygen atoms in total. The van der Waals surface area contributed by atoms with Crippen molar-refractivity contribution in [3.8, 4) is 0 Å². The molecule has 1 aromatic rings. The fourth-order valence-corrected chi connectivity index (χ4v) is 1.65. The highest BCUT2D eigenvalue weighted by Gasteiger charge is 2.23. The Kier molecular flexibility index (Phi) is 2.86. The first-order valence-electron chi connectivity index (χ1n) is 4.77. The summed E-state index contributed by atoms with van der Waals surface area (Å²) in [4.78, 5) is 0. The van der Waals surface area contributed by atoms with Crippen molar-refractivity contribution in [1.29, 1.82) is 0 Å². The highest BCUT2D eigenvalue weighted by Crippen LogP contribution is 2.13. The van der Waals surface area contributed by atoms with E-state index >= 15 is 0 Å². The van der Waals surface area contributed by atoms with Crippen LogP contribution in [0.4, 0.5) is 0 Å². The zero-order valence-corrected chi connectivity index (χ0v) is 9.58. The minimum absolute atomic E-state index is 0.0629. The third kappa shape index (κ3) is 2.09. The summed E-state index contributed by atoms with van der Waals surface area (Å²) in [6.45, 7) is 0. The van der Waals surface area contributed by atoms with Gasteiger partial charge in [-0.05, 0) is 17.8 Å². The number of nitrogens with zero attached hydrogens (tertiary/aromatic N) is 2. The van der Waals surface area contributed by atoms with Crippen LogP contribution in [0, 0.1) is 0 Å². The van der Waals surface area contributed by atoms with E-state index in [2.05, 4.69) is 23.0 Å². The molecule has 0 bridgehead atoms. The molecule has 0 spiro atoms. The Labute approximate surface area is 94.8 Å². The van der Waals surface area contributed by atoms with Gasteiger partial charge in [-0.2, -0.15) is 0 Å². The van der Waals surface area contributed by atoms with Crippen molar-refractivity contribution in [2.24, 2.45) is 0 Å². The number of benzene rings is 1. The van der Waals surface area contributed by atoms with Gasteiger partial charge >= 0.3 is 0 Å². The summed E-state index contributed by atoms with van der Waals surface area (Å²) >= 11 is 5.18. The molecule has 0 saturated carbocycles. The van der Waals surface area contributed by atoms with Crippen LogP contribution in [-0.2, 0) is 0 Å². The molecule has 0 atom stereocenters. The van der Waals surface area contributed by atoms with E-state index in [0.29, 0.717) is 0 Å². The van der Waals surface area contributed by atoms with Gasteiger partial charge < -0.3 is 0 Å². The molecule has 1 aliphatic rings. The topological polar surface area (TPSA) is 30.5 Å². The molecule has 1 saturated heterocycles. The predicted octanol–water partition coefficient (Wildman–Crippen LogP) is 0.857. The maximum atomic E-state index is 5.18. The monoisotopic (exact) mass is 222 g/mol. The second kappa shape index (κ2) is 4.14. The van der Waals surface area contributed by atoms with Gasteiger partial charge in [0.05, 0.1) is 0 Å². The Balaban J connectivity index is 2.16. The Bertz CT molecular complexity index is 340. The van der Waals surface area contributed by atoms with Gasteiger partial charge in [-0.1, -0.05) is 30.3 Å². The molecule has 0 unspecified atom stereocenters. The van der Waals surface area contributed by atoms with E-state index in [1.807, 2.05) is 42.3 Å². The van der Waals surface area contributed by atoms with Crippen LogP contribution >= 0.6 is 12.2 Å². The van der Waals surface area contributed by atoms with E-state index in [4.69, 9.17) is 12.2 Å². The maximum absolute atomic E-state index is 5.18. The Hall–Kier alpha value is -1.17. The molecular formula is C10H14N4S. The van der Waals surface area contributed by atoms with E-state index in [9.17, 15) is 0 Å². The normalized spacial score (nSPS) is 18.4. The van der Waals surface area contributed by atoms with E-state index in [1.165, 1.54) is 5.56 Å². The van der Waals surface area contributed by atoms with Crippen molar-refractivity contribution in [3.05, 3.63) is 35.9 Å². The van der Waals surface area contributed by atoms with E-state index in [1.54, 1.807) is 0 Å². The number of rotatable bonds is 1. The van der Waals surface area contributed by atoms with E-state index < -0.39 is 0 Å². The Morgan fingerprint density at radius 2 is 1.60 bits per heavy atom. The molecule has 1 aliphatic heterocycles. The largest absolute Gasteiger partial charge is 0.285 e. The molecular weight excluding hydrogens is 208 g/mol. The Morgan fingerprint density at radius 1 is 1.07 bits per heavy atom. The minimum Gasteiger partial charge on any atom is -0.285 e. The van der Waals surface area contributed by atoms with Gasteiger partial charge in [-0.3, -0.25) is 10.0 Å². The van der Waals surface area contributed by atoms with E-state index in [0.717, 1.165) is 5.11 Å². The molecule has 5 heteroatoms. The number of nitrogens with one attached hydrogen (secondary N) is 2. The number of thiocarbonyl (C=S) groups is 1. The van der Waals surface area contributed by atoms with Gasteiger partial charge in [-0.15, -0.1) is 0 Å². The van der Waals surface area contributed by atoms with Crippen LogP contribution < -0.4 is 10.9 Å². The van der Waals surface area contributed by atoms with Crippen LogP contribution in [0.25, 0.3) is 0 Å². The molecule has 0 amide bonds. The first-order chi connectivity index (χ1) is 7.18. The molecule has 15 heavy (non-hydrogen) atoms. The molecule has 80 valence electrons. The second-order valence-electron chi connectivity index (χ2n) is 3.50. The smallest absolute Gasteiger partial charge is 0.200 e. The fourth-order valence-electron chi connectivity index (χ4n) is 1.55.